The summed E-state index contributed by atoms with van der Waals surface area (Å²) in [5.74, 6) is 1.32. The van der Waals surface area contributed by atoms with Crippen LogP contribution in [0.15, 0.2) is 51.4 Å². The highest BCUT2D eigenvalue weighted by atomic mass is 79.9. The third kappa shape index (κ3) is 4.06. The van der Waals surface area contributed by atoms with E-state index in [1.54, 1.807) is 0 Å². The van der Waals surface area contributed by atoms with Crippen molar-refractivity contribution < 1.29 is 14.3 Å². The van der Waals surface area contributed by atoms with Gasteiger partial charge in [-0.25, -0.2) is 0 Å². The molecule has 6 heteroatoms. The Morgan fingerprint density at radius 3 is 2.91 bits per heavy atom. The second kappa shape index (κ2) is 7.36. The van der Waals surface area contributed by atoms with Crippen LogP contribution in [-0.4, -0.2) is 19.1 Å². The fourth-order valence-corrected chi connectivity index (χ4v) is 3.63. The van der Waals surface area contributed by atoms with Crippen LogP contribution >= 0.6 is 31.9 Å². The Hall–Kier alpha value is -1.53. The fraction of sp³-hybridized carbons (Fsp3) is 0.235. The largest absolute Gasteiger partial charge is 0.493 e. The molecular weight excluding hydrogens is 426 g/mol. The van der Waals surface area contributed by atoms with Crippen molar-refractivity contribution in [3.05, 3.63) is 57.0 Å². The van der Waals surface area contributed by atoms with Crippen LogP contribution in [0.5, 0.6) is 11.5 Å². The molecule has 1 unspecified atom stereocenters. The molecular formula is C17H15Br2NO3. The van der Waals surface area contributed by atoms with Crippen molar-refractivity contribution in [1.82, 2.24) is 5.32 Å². The van der Waals surface area contributed by atoms with Crippen molar-refractivity contribution in [2.24, 2.45) is 0 Å². The van der Waals surface area contributed by atoms with Gasteiger partial charge in [0.2, 0.25) is 0 Å². The van der Waals surface area contributed by atoms with Gasteiger partial charge in [-0.3, -0.25) is 4.79 Å². The molecule has 1 heterocycles. The zero-order valence-electron chi connectivity index (χ0n) is 12.2. The highest BCUT2D eigenvalue weighted by molar-refractivity contribution is 9.11. The third-order valence-electron chi connectivity index (χ3n) is 3.55. The normalized spacial score (nSPS) is 16.2. The first-order valence-electron chi connectivity index (χ1n) is 7.22. The topological polar surface area (TPSA) is 47.6 Å². The second-order valence-electron chi connectivity index (χ2n) is 5.16. The van der Waals surface area contributed by atoms with Gasteiger partial charge in [-0.2, -0.15) is 0 Å². The van der Waals surface area contributed by atoms with E-state index in [9.17, 15) is 4.79 Å². The first-order valence-corrected chi connectivity index (χ1v) is 8.81. The number of benzene rings is 2. The summed E-state index contributed by atoms with van der Waals surface area (Å²) in [6, 6.07) is 13.3. The molecule has 1 atom stereocenters. The Balaban J connectivity index is 1.60. The van der Waals surface area contributed by atoms with Crippen molar-refractivity contribution in [3.8, 4) is 11.5 Å². The molecule has 0 saturated carbocycles. The number of ether oxygens (including phenoxy) is 2. The highest BCUT2D eigenvalue weighted by Gasteiger charge is 2.22. The molecule has 1 aliphatic heterocycles. The van der Waals surface area contributed by atoms with Crippen molar-refractivity contribution in [2.45, 2.75) is 12.5 Å². The zero-order chi connectivity index (χ0) is 16.2. The maximum Gasteiger partial charge on any atom is 0.258 e. The monoisotopic (exact) mass is 439 g/mol. The van der Waals surface area contributed by atoms with Gasteiger partial charge >= 0.3 is 0 Å². The molecule has 0 aliphatic carbocycles. The lowest BCUT2D eigenvalue weighted by Gasteiger charge is -2.26. The number of carbonyl (C=O) groups excluding carboxylic acids is 1. The number of amides is 1. The SMILES string of the molecule is O=C(COc1ccc(Br)cc1Br)NC1CCOc2ccccc21. The van der Waals surface area contributed by atoms with Crippen LogP contribution in [0, 0.1) is 0 Å². The van der Waals surface area contributed by atoms with Gasteiger partial charge in [-0.15, -0.1) is 0 Å². The Kier molecular flexibility index (Phi) is 5.23. The van der Waals surface area contributed by atoms with Crippen LogP contribution in [0.4, 0.5) is 0 Å². The van der Waals surface area contributed by atoms with Crippen LogP contribution in [-0.2, 0) is 4.79 Å². The van der Waals surface area contributed by atoms with Gasteiger partial charge in [0.1, 0.15) is 11.5 Å². The van der Waals surface area contributed by atoms with Crippen LogP contribution in [0.3, 0.4) is 0 Å². The molecule has 0 spiro atoms. The van der Waals surface area contributed by atoms with E-state index in [0.717, 1.165) is 26.7 Å². The number of fused-ring (bicyclic) bond motifs is 1. The standard InChI is InChI=1S/C17H15Br2NO3/c18-11-5-6-16(13(19)9-11)23-10-17(21)20-14-7-8-22-15-4-2-1-3-12(14)15/h1-6,9,14H,7-8,10H2,(H,20,21). The molecule has 0 saturated heterocycles. The summed E-state index contributed by atoms with van der Waals surface area (Å²) >= 11 is 6.79. The van der Waals surface area contributed by atoms with Crippen molar-refractivity contribution in [3.63, 3.8) is 0 Å². The van der Waals surface area contributed by atoms with E-state index in [1.807, 2.05) is 42.5 Å². The summed E-state index contributed by atoms with van der Waals surface area (Å²) in [5.41, 5.74) is 1.01. The van der Waals surface area contributed by atoms with Gasteiger partial charge < -0.3 is 14.8 Å². The minimum atomic E-state index is -0.151. The molecule has 120 valence electrons. The molecule has 2 aromatic carbocycles. The number of hydrogen-bond acceptors (Lipinski definition) is 3. The lowest BCUT2D eigenvalue weighted by Crippen LogP contribution is -2.35. The van der Waals surface area contributed by atoms with Gasteiger partial charge in [-0.1, -0.05) is 34.1 Å². The first kappa shape index (κ1) is 16.3. The number of nitrogens with one attached hydrogen (secondary N) is 1. The first-order chi connectivity index (χ1) is 11.1. The van der Waals surface area contributed by atoms with Crippen LogP contribution in [0.25, 0.3) is 0 Å². The fourth-order valence-electron chi connectivity index (χ4n) is 2.46. The van der Waals surface area contributed by atoms with Gasteiger partial charge in [0, 0.05) is 16.5 Å². The van der Waals surface area contributed by atoms with E-state index in [2.05, 4.69) is 37.2 Å². The van der Waals surface area contributed by atoms with E-state index in [0.29, 0.717) is 12.4 Å². The van der Waals surface area contributed by atoms with E-state index < -0.39 is 0 Å². The Morgan fingerprint density at radius 1 is 1.26 bits per heavy atom. The summed E-state index contributed by atoms with van der Waals surface area (Å²) in [6.07, 6.45) is 0.755. The summed E-state index contributed by atoms with van der Waals surface area (Å²) in [6.45, 7) is 0.570. The van der Waals surface area contributed by atoms with E-state index in [1.165, 1.54) is 0 Å². The van der Waals surface area contributed by atoms with E-state index in [-0.39, 0.29) is 18.6 Å². The van der Waals surface area contributed by atoms with Gasteiger partial charge in [0.05, 0.1) is 17.1 Å². The predicted octanol–water partition coefficient (Wildman–Crippen LogP) is 4.23. The van der Waals surface area contributed by atoms with Crippen LogP contribution < -0.4 is 14.8 Å². The molecule has 4 nitrogen and oxygen atoms in total. The molecule has 0 bridgehead atoms. The molecule has 0 radical (unpaired) electrons. The average Bonchev–Trinajstić information content (AvgIpc) is 2.54. The van der Waals surface area contributed by atoms with Crippen molar-refractivity contribution >= 4 is 37.8 Å². The Morgan fingerprint density at radius 2 is 2.09 bits per heavy atom. The second-order valence-corrected chi connectivity index (χ2v) is 6.93. The number of hydrogen-bond donors (Lipinski definition) is 1. The van der Waals surface area contributed by atoms with Crippen LogP contribution in [0.1, 0.15) is 18.0 Å². The Bertz CT molecular complexity index is 721. The molecule has 23 heavy (non-hydrogen) atoms. The van der Waals surface area contributed by atoms with E-state index in [4.69, 9.17) is 9.47 Å². The number of para-hydroxylation sites is 1. The molecule has 2 aromatic rings. The highest BCUT2D eigenvalue weighted by Crippen LogP contribution is 2.31. The predicted molar refractivity (Wildman–Crippen MR) is 94.8 cm³/mol. The molecule has 0 aromatic heterocycles. The lowest BCUT2D eigenvalue weighted by atomic mass is 10.0. The summed E-state index contributed by atoms with van der Waals surface area (Å²) < 4.78 is 12.9. The number of carbonyl (C=O) groups is 1. The zero-order valence-corrected chi connectivity index (χ0v) is 15.4. The van der Waals surface area contributed by atoms with Gasteiger partial charge in [0.25, 0.3) is 5.91 Å². The third-order valence-corrected chi connectivity index (χ3v) is 4.66. The molecule has 1 aliphatic rings. The maximum absolute atomic E-state index is 12.2. The summed E-state index contributed by atoms with van der Waals surface area (Å²) in [7, 11) is 0. The van der Waals surface area contributed by atoms with Crippen molar-refractivity contribution in [1.29, 1.82) is 0 Å². The quantitative estimate of drug-likeness (QED) is 0.773. The minimum absolute atomic E-state index is 0.0280. The molecule has 0 fully saturated rings. The minimum Gasteiger partial charge on any atom is -0.493 e. The van der Waals surface area contributed by atoms with E-state index >= 15 is 0 Å². The van der Waals surface area contributed by atoms with Crippen molar-refractivity contribution in [2.75, 3.05) is 13.2 Å². The number of rotatable bonds is 4. The average molecular weight is 441 g/mol. The lowest BCUT2D eigenvalue weighted by molar-refractivity contribution is -0.124. The smallest absolute Gasteiger partial charge is 0.258 e. The van der Waals surface area contributed by atoms with Gasteiger partial charge in [-0.05, 0) is 40.2 Å². The summed E-state index contributed by atoms with van der Waals surface area (Å²) in [4.78, 5) is 12.2. The maximum atomic E-state index is 12.2. The molecule has 1 N–H and O–H groups in total. The summed E-state index contributed by atoms with van der Waals surface area (Å²) in [5, 5.41) is 3.01. The Labute approximate surface area is 151 Å². The molecule has 3 rings (SSSR count). The van der Waals surface area contributed by atoms with Gasteiger partial charge in [0.15, 0.2) is 6.61 Å². The number of halogens is 2. The molecule has 1 amide bonds. The van der Waals surface area contributed by atoms with Crippen LogP contribution in [0.2, 0.25) is 0 Å².